The van der Waals surface area contributed by atoms with Gasteiger partial charge >= 0.3 is 12.3 Å². The number of fused-ring (bicyclic) bond motifs is 2. The number of hydrogen-bond donors (Lipinski definition) is 1. The number of ether oxygens (including phenoxy) is 1. The van der Waals surface area contributed by atoms with E-state index in [4.69, 9.17) is 4.74 Å². The molecule has 0 aliphatic carbocycles. The monoisotopic (exact) mass is 530 g/mol. The standard InChI is InChI=1S/C25H25F3N6O4/c1-13(2)20-21-16(8-9-18(31-21)25(26,27)28)22(36)33(32-20)12-19(35)30-15-7-6-14-11-29-34(17(14)10-15)23(37)38-24(3,4)5/h6-11,13H,12H2,1-5H3,(H,30,35). The molecule has 0 fully saturated rings. The van der Waals surface area contributed by atoms with E-state index in [1.54, 1.807) is 46.8 Å². The van der Waals surface area contributed by atoms with Gasteiger partial charge in [0.2, 0.25) is 5.91 Å². The average molecular weight is 531 g/mol. The molecule has 0 atom stereocenters. The van der Waals surface area contributed by atoms with E-state index in [9.17, 15) is 27.6 Å². The number of carbonyl (C=O) groups is 2. The first-order valence-corrected chi connectivity index (χ1v) is 11.6. The van der Waals surface area contributed by atoms with Gasteiger partial charge in [-0.15, -0.1) is 0 Å². The highest BCUT2D eigenvalue weighted by atomic mass is 19.4. The summed E-state index contributed by atoms with van der Waals surface area (Å²) in [5, 5.41) is 11.4. The fourth-order valence-electron chi connectivity index (χ4n) is 3.73. The van der Waals surface area contributed by atoms with Crippen LogP contribution in [-0.4, -0.2) is 42.1 Å². The van der Waals surface area contributed by atoms with Crippen molar-refractivity contribution in [3.8, 4) is 0 Å². The third-order valence-electron chi connectivity index (χ3n) is 5.38. The Hall–Kier alpha value is -4.29. The van der Waals surface area contributed by atoms with Crippen molar-refractivity contribution < 1.29 is 27.5 Å². The molecule has 4 aromatic rings. The number of nitrogens with zero attached hydrogens (tertiary/aromatic N) is 5. The van der Waals surface area contributed by atoms with Crippen LogP contribution in [0.4, 0.5) is 23.7 Å². The zero-order valence-electron chi connectivity index (χ0n) is 21.3. The van der Waals surface area contributed by atoms with Crippen LogP contribution in [0.15, 0.2) is 41.3 Å². The third kappa shape index (κ3) is 5.50. The van der Waals surface area contributed by atoms with E-state index in [-0.39, 0.29) is 22.5 Å². The SMILES string of the molecule is CC(C)c1nn(CC(=O)Nc2ccc3cnn(C(=O)OC(C)(C)C)c3c2)c(=O)c2ccc(C(F)(F)F)nc12. The Labute approximate surface area is 214 Å². The largest absolute Gasteiger partial charge is 0.442 e. The van der Waals surface area contributed by atoms with E-state index < -0.39 is 41.6 Å². The summed E-state index contributed by atoms with van der Waals surface area (Å²) in [5.74, 6) is -0.991. The highest BCUT2D eigenvalue weighted by Gasteiger charge is 2.33. The molecule has 0 aliphatic heterocycles. The van der Waals surface area contributed by atoms with Gasteiger partial charge in [-0.25, -0.2) is 14.5 Å². The Kier molecular flexibility index (Phi) is 6.72. The number of nitrogens with one attached hydrogen (secondary N) is 1. The molecular weight excluding hydrogens is 505 g/mol. The van der Waals surface area contributed by atoms with Gasteiger partial charge in [0.15, 0.2) is 0 Å². The van der Waals surface area contributed by atoms with Gasteiger partial charge in [-0.05, 0) is 57.0 Å². The molecule has 10 nitrogen and oxygen atoms in total. The second-order valence-electron chi connectivity index (χ2n) is 9.95. The van der Waals surface area contributed by atoms with E-state index >= 15 is 0 Å². The van der Waals surface area contributed by atoms with Gasteiger partial charge in [-0.2, -0.15) is 28.1 Å². The minimum absolute atomic E-state index is 0.0767. The number of pyridine rings is 1. The number of rotatable bonds is 4. The second kappa shape index (κ2) is 9.54. The molecule has 3 aromatic heterocycles. The molecule has 1 aromatic carbocycles. The Balaban J connectivity index is 1.63. The molecule has 0 spiro atoms. The van der Waals surface area contributed by atoms with Crippen molar-refractivity contribution in [2.45, 2.75) is 58.9 Å². The Morgan fingerprint density at radius 1 is 1.11 bits per heavy atom. The molecule has 0 saturated heterocycles. The molecule has 1 amide bonds. The Bertz CT molecular complexity index is 1620. The van der Waals surface area contributed by atoms with Crippen LogP contribution >= 0.6 is 0 Å². The van der Waals surface area contributed by atoms with Crippen molar-refractivity contribution in [3.63, 3.8) is 0 Å². The number of anilines is 1. The van der Waals surface area contributed by atoms with Crippen LogP contribution in [-0.2, 0) is 22.3 Å². The molecule has 0 bridgehead atoms. The van der Waals surface area contributed by atoms with Crippen LogP contribution in [0.3, 0.4) is 0 Å². The number of amides is 1. The molecule has 4 rings (SSSR count). The van der Waals surface area contributed by atoms with Gasteiger partial charge in [-0.1, -0.05) is 13.8 Å². The summed E-state index contributed by atoms with van der Waals surface area (Å²) >= 11 is 0. The molecule has 3 heterocycles. The normalized spacial score (nSPS) is 12.3. The van der Waals surface area contributed by atoms with Crippen molar-refractivity contribution in [3.05, 3.63) is 58.3 Å². The summed E-state index contributed by atoms with van der Waals surface area (Å²) in [7, 11) is 0. The lowest BCUT2D eigenvalue weighted by molar-refractivity contribution is -0.141. The molecule has 0 aliphatic rings. The van der Waals surface area contributed by atoms with E-state index in [2.05, 4.69) is 20.5 Å². The predicted molar refractivity (Wildman–Crippen MR) is 133 cm³/mol. The van der Waals surface area contributed by atoms with E-state index in [0.717, 1.165) is 21.5 Å². The zero-order chi connectivity index (χ0) is 28.0. The van der Waals surface area contributed by atoms with E-state index in [1.165, 1.54) is 12.3 Å². The maximum atomic E-state index is 13.2. The van der Waals surface area contributed by atoms with Gasteiger partial charge in [0.05, 0.1) is 22.8 Å². The Morgan fingerprint density at radius 2 is 1.82 bits per heavy atom. The van der Waals surface area contributed by atoms with Crippen molar-refractivity contribution in [2.75, 3.05) is 5.32 Å². The molecule has 38 heavy (non-hydrogen) atoms. The lowest BCUT2D eigenvalue weighted by Gasteiger charge is -2.19. The van der Waals surface area contributed by atoms with Crippen LogP contribution < -0.4 is 10.9 Å². The van der Waals surface area contributed by atoms with Crippen molar-refractivity contribution in [1.29, 1.82) is 0 Å². The van der Waals surface area contributed by atoms with Crippen LogP contribution in [0.5, 0.6) is 0 Å². The summed E-state index contributed by atoms with van der Waals surface area (Å²) in [6, 6.07) is 6.55. The van der Waals surface area contributed by atoms with Gasteiger partial charge in [0, 0.05) is 11.1 Å². The third-order valence-corrected chi connectivity index (χ3v) is 5.38. The molecule has 1 N–H and O–H groups in total. The highest BCUT2D eigenvalue weighted by molar-refractivity contribution is 5.95. The maximum absolute atomic E-state index is 13.2. The topological polar surface area (TPSA) is 121 Å². The van der Waals surface area contributed by atoms with Crippen LogP contribution in [0.2, 0.25) is 0 Å². The number of benzene rings is 1. The summed E-state index contributed by atoms with van der Waals surface area (Å²) in [6.07, 6.45) is -3.89. The van der Waals surface area contributed by atoms with Crippen LogP contribution in [0.1, 0.15) is 51.9 Å². The van der Waals surface area contributed by atoms with Gasteiger partial charge in [-0.3, -0.25) is 9.59 Å². The molecule has 0 saturated carbocycles. The fraction of sp³-hybridized carbons (Fsp3) is 0.360. The highest BCUT2D eigenvalue weighted by Crippen LogP contribution is 2.30. The van der Waals surface area contributed by atoms with E-state index in [1.807, 2.05) is 0 Å². The first kappa shape index (κ1) is 26.8. The molecule has 200 valence electrons. The maximum Gasteiger partial charge on any atom is 0.435 e. The minimum atomic E-state index is -4.68. The lowest BCUT2D eigenvalue weighted by atomic mass is 10.1. The van der Waals surface area contributed by atoms with Crippen molar-refractivity contribution in [2.24, 2.45) is 0 Å². The Morgan fingerprint density at radius 3 is 2.45 bits per heavy atom. The quantitative estimate of drug-likeness (QED) is 0.406. The number of hydrogen-bond acceptors (Lipinski definition) is 7. The zero-order valence-corrected chi connectivity index (χ0v) is 21.3. The van der Waals surface area contributed by atoms with Crippen molar-refractivity contribution >= 4 is 39.5 Å². The smallest absolute Gasteiger partial charge is 0.435 e. The lowest BCUT2D eigenvalue weighted by Crippen LogP contribution is -2.31. The molecule has 13 heteroatoms. The summed E-state index contributed by atoms with van der Waals surface area (Å²) in [6.45, 7) is 8.06. The van der Waals surface area contributed by atoms with Gasteiger partial charge in [0.25, 0.3) is 5.56 Å². The average Bonchev–Trinajstić information content (AvgIpc) is 3.22. The predicted octanol–water partition coefficient (Wildman–Crippen LogP) is 4.71. The van der Waals surface area contributed by atoms with Gasteiger partial charge in [0.1, 0.15) is 23.4 Å². The summed E-state index contributed by atoms with van der Waals surface area (Å²) in [5.41, 5.74) is -1.91. The summed E-state index contributed by atoms with van der Waals surface area (Å²) < 4.78 is 46.8. The molecule has 0 radical (unpaired) electrons. The first-order chi connectivity index (χ1) is 17.6. The van der Waals surface area contributed by atoms with E-state index in [0.29, 0.717) is 16.6 Å². The minimum Gasteiger partial charge on any atom is -0.442 e. The fourth-order valence-corrected chi connectivity index (χ4v) is 3.73. The van der Waals surface area contributed by atoms with Gasteiger partial charge < -0.3 is 10.1 Å². The number of halogens is 3. The van der Waals surface area contributed by atoms with Crippen molar-refractivity contribution in [1.82, 2.24) is 24.5 Å². The summed E-state index contributed by atoms with van der Waals surface area (Å²) in [4.78, 5) is 41.9. The number of carbonyl (C=O) groups excluding carboxylic acids is 2. The van der Waals surface area contributed by atoms with Crippen LogP contribution in [0, 0.1) is 0 Å². The molecular formula is C25H25F3N6O4. The van der Waals surface area contributed by atoms with Crippen LogP contribution in [0.25, 0.3) is 21.8 Å². The number of aromatic nitrogens is 5. The number of alkyl halides is 3. The first-order valence-electron chi connectivity index (χ1n) is 11.6. The molecule has 0 unspecified atom stereocenters. The second-order valence-corrected chi connectivity index (χ2v) is 9.95.